The van der Waals surface area contributed by atoms with Crippen molar-refractivity contribution in [3.63, 3.8) is 0 Å². The summed E-state index contributed by atoms with van der Waals surface area (Å²) >= 11 is 0. The third kappa shape index (κ3) is 4.99. The Labute approximate surface area is 189 Å². The number of carbonyl (C=O) groups excluding carboxylic acids is 1. The molecule has 2 unspecified atom stereocenters. The van der Waals surface area contributed by atoms with Gasteiger partial charge in [-0.2, -0.15) is 28.2 Å². The molecule has 2 aromatic heterocycles. The van der Waals surface area contributed by atoms with E-state index in [9.17, 15) is 18.0 Å². The molecule has 33 heavy (non-hydrogen) atoms. The molecule has 3 heterocycles. The lowest BCUT2D eigenvalue weighted by molar-refractivity contribution is -0.137. The number of alkyl halides is 3. The molecule has 1 aliphatic heterocycles. The van der Waals surface area contributed by atoms with Gasteiger partial charge in [-0.1, -0.05) is 13.0 Å². The van der Waals surface area contributed by atoms with Crippen LogP contribution in [0.2, 0.25) is 0 Å². The lowest BCUT2D eigenvalue weighted by atomic mass is 9.90. The van der Waals surface area contributed by atoms with Crippen LogP contribution in [0.25, 0.3) is 5.69 Å². The molecule has 1 amide bonds. The van der Waals surface area contributed by atoms with Crippen molar-refractivity contribution in [2.24, 2.45) is 5.92 Å². The number of halogens is 3. The van der Waals surface area contributed by atoms with E-state index in [1.165, 1.54) is 10.9 Å². The average molecular weight is 459 g/mol. The molecular weight excluding hydrogens is 435 g/mol. The van der Waals surface area contributed by atoms with Gasteiger partial charge in [0.2, 0.25) is 5.88 Å². The predicted molar refractivity (Wildman–Crippen MR) is 114 cm³/mol. The first-order valence-corrected chi connectivity index (χ1v) is 10.7. The van der Waals surface area contributed by atoms with Gasteiger partial charge in [-0.15, -0.1) is 0 Å². The first-order valence-electron chi connectivity index (χ1n) is 10.7. The summed E-state index contributed by atoms with van der Waals surface area (Å²) in [6.45, 7) is 4.65. The third-order valence-corrected chi connectivity index (χ3v) is 5.86. The normalized spacial score (nSPS) is 18.9. The van der Waals surface area contributed by atoms with E-state index in [1.807, 2.05) is 26.0 Å². The number of piperidine rings is 1. The molecule has 0 bridgehead atoms. The molecule has 0 spiro atoms. The van der Waals surface area contributed by atoms with E-state index in [2.05, 4.69) is 15.2 Å². The summed E-state index contributed by atoms with van der Waals surface area (Å²) in [6, 6.07) is 7.37. The lowest BCUT2D eigenvalue weighted by Crippen LogP contribution is -2.50. The second-order valence-corrected chi connectivity index (χ2v) is 8.22. The number of aromatic nitrogens is 4. The smallest absolute Gasteiger partial charge is 0.417 e. The van der Waals surface area contributed by atoms with Crippen LogP contribution in [0, 0.1) is 12.8 Å². The van der Waals surface area contributed by atoms with Crippen LogP contribution in [-0.2, 0) is 6.18 Å². The van der Waals surface area contributed by atoms with Crippen molar-refractivity contribution in [2.45, 2.75) is 38.9 Å². The largest absolute Gasteiger partial charge is 0.475 e. The molecular formula is C23H24F3N5O2. The molecule has 0 aliphatic carbocycles. The van der Waals surface area contributed by atoms with Crippen molar-refractivity contribution in [1.82, 2.24) is 24.9 Å². The van der Waals surface area contributed by atoms with Gasteiger partial charge in [0, 0.05) is 18.8 Å². The maximum absolute atomic E-state index is 13.6. The standard InChI is InChI=1S/C23H24F3N5O2/c1-15-5-7-18(19(12-15)31-28-9-10-29-31)22(32)30-11-3-4-16(2)20(30)14-33-21-8-6-17(13-27-21)23(24,25)26/h5-10,12-13,16,20H,3-4,11,14H2,1-2H3. The highest BCUT2D eigenvalue weighted by Crippen LogP contribution is 2.30. The maximum atomic E-state index is 13.6. The number of benzene rings is 1. The zero-order valence-electron chi connectivity index (χ0n) is 18.3. The fourth-order valence-corrected chi connectivity index (χ4v) is 4.04. The number of amides is 1. The van der Waals surface area contributed by atoms with Crippen LogP contribution in [0.15, 0.2) is 48.9 Å². The average Bonchev–Trinajstić information content (AvgIpc) is 3.32. The lowest BCUT2D eigenvalue weighted by Gasteiger charge is -2.40. The SMILES string of the molecule is Cc1ccc(C(=O)N2CCCC(C)C2COc2ccc(C(F)(F)F)cn2)c(-n2nccn2)c1. The molecule has 1 aromatic carbocycles. The Morgan fingerprint density at radius 1 is 1.18 bits per heavy atom. The molecule has 2 atom stereocenters. The van der Waals surface area contributed by atoms with Gasteiger partial charge >= 0.3 is 6.18 Å². The summed E-state index contributed by atoms with van der Waals surface area (Å²) in [5, 5.41) is 8.34. The number of pyridine rings is 1. The fraction of sp³-hybridized carbons (Fsp3) is 0.391. The van der Waals surface area contributed by atoms with Crippen molar-refractivity contribution in [2.75, 3.05) is 13.2 Å². The first kappa shape index (κ1) is 22.8. The molecule has 7 nitrogen and oxygen atoms in total. The van der Waals surface area contributed by atoms with E-state index in [4.69, 9.17) is 4.74 Å². The van der Waals surface area contributed by atoms with Crippen molar-refractivity contribution >= 4 is 5.91 Å². The zero-order chi connectivity index (χ0) is 23.6. The van der Waals surface area contributed by atoms with Crippen LogP contribution in [0.4, 0.5) is 13.2 Å². The van der Waals surface area contributed by atoms with E-state index in [-0.39, 0.29) is 30.4 Å². The molecule has 1 aliphatic rings. The molecule has 3 aromatic rings. The number of nitrogens with zero attached hydrogens (tertiary/aromatic N) is 5. The summed E-state index contributed by atoms with van der Waals surface area (Å²) in [4.78, 5) is 20.6. The van der Waals surface area contributed by atoms with Gasteiger partial charge in [-0.3, -0.25) is 4.79 Å². The van der Waals surface area contributed by atoms with Crippen molar-refractivity contribution in [1.29, 1.82) is 0 Å². The minimum absolute atomic E-state index is 0.0879. The molecule has 174 valence electrons. The molecule has 10 heteroatoms. The van der Waals surface area contributed by atoms with Gasteiger partial charge in [0.25, 0.3) is 5.91 Å². The van der Waals surface area contributed by atoms with Crippen molar-refractivity contribution in [3.8, 4) is 11.6 Å². The van der Waals surface area contributed by atoms with Gasteiger partial charge in [-0.05, 0) is 49.4 Å². The van der Waals surface area contributed by atoms with Crippen LogP contribution >= 0.6 is 0 Å². The Balaban J connectivity index is 1.55. The molecule has 1 saturated heterocycles. The summed E-state index contributed by atoms with van der Waals surface area (Å²) in [5.41, 5.74) is 1.20. The fourth-order valence-electron chi connectivity index (χ4n) is 4.04. The quantitative estimate of drug-likeness (QED) is 0.569. The monoisotopic (exact) mass is 459 g/mol. The Kier molecular flexibility index (Phi) is 6.35. The summed E-state index contributed by atoms with van der Waals surface area (Å²) in [6.07, 6.45) is 1.16. The third-order valence-electron chi connectivity index (χ3n) is 5.86. The predicted octanol–water partition coefficient (Wildman–Crippen LogP) is 4.31. The highest BCUT2D eigenvalue weighted by molar-refractivity contribution is 5.98. The van der Waals surface area contributed by atoms with Crippen LogP contribution in [-0.4, -0.2) is 50.0 Å². The second kappa shape index (κ2) is 9.21. The van der Waals surface area contributed by atoms with E-state index in [1.54, 1.807) is 23.4 Å². The van der Waals surface area contributed by atoms with Gasteiger partial charge in [0.1, 0.15) is 6.61 Å². The number of rotatable bonds is 5. The van der Waals surface area contributed by atoms with Gasteiger partial charge in [0.15, 0.2) is 0 Å². The highest BCUT2D eigenvalue weighted by atomic mass is 19.4. The van der Waals surface area contributed by atoms with Crippen LogP contribution < -0.4 is 4.74 Å². The number of likely N-dealkylation sites (tertiary alicyclic amines) is 1. The Morgan fingerprint density at radius 3 is 2.61 bits per heavy atom. The minimum atomic E-state index is -4.46. The highest BCUT2D eigenvalue weighted by Gasteiger charge is 2.35. The van der Waals surface area contributed by atoms with E-state index in [0.717, 1.165) is 30.7 Å². The molecule has 0 saturated carbocycles. The van der Waals surface area contributed by atoms with Gasteiger partial charge < -0.3 is 9.64 Å². The van der Waals surface area contributed by atoms with E-state index < -0.39 is 11.7 Å². The maximum Gasteiger partial charge on any atom is 0.417 e. The zero-order valence-corrected chi connectivity index (χ0v) is 18.3. The summed E-state index contributed by atoms with van der Waals surface area (Å²) in [7, 11) is 0. The second-order valence-electron chi connectivity index (χ2n) is 8.22. The summed E-state index contributed by atoms with van der Waals surface area (Å²) < 4.78 is 44.0. The number of ether oxygens (including phenoxy) is 1. The Bertz CT molecular complexity index is 1100. The van der Waals surface area contributed by atoms with Crippen molar-refractivity contribution < 1.29 is 22.7 Å². The van der Waals surface area contributed by atoms with Crippen molar-refractivity contribution in [3.05, 3.63) is 65.6 Å². The minimum Gasteiger partial charge on any atom is -0.475 e. The summed E-state index contributed by atoms with van der Waals surface area (Å²) in [5.74, 6) is 0.0710. The van der Waals surface area contributed by atoms with Crippen LogP contribution in [0.1, 0.15) is 41.3 Å². The van der Waals surface area contributed by atoms with Gasteiger partial charge in [0.05, 0.1) is 35.2 Å². The van der Waals surface area contributed by atoms with Gasteiger partial charge in [-0.25, -0.2) is 4.98 Å². The molecule has 1 fully saturated rings. The molecule has 0 N–H and O–H groups in total. The number of aryl methyl sites for hydroxylation is 1. The first-order chi connectivity index (χ1) is 15.7. The molecule has 0 radical (unpaired) electrons. The topological polar surface area (TPSA) is 73.1 Å². The Morgan fingerprint density at radius 2 is 1.94 bits per heavy atom. The number of hydrogen-bond donors (Lipinski definition) is 0. The number of carbonyl (C=O) groups is 1. The Hall–Kier alpha value is -3.43. The van der Waals surface area contributed by atoms with Crippen LogP contribution in [0.3, 0.4) is 0 Å². The number of hydrogen-bond acceptors (Lipinski definition) is 5. The van der Waals surface area contributed by atoms with E-state index in [0.29, 0.717) is 17.8 Å². The molecule has 4 rings (SSSR count). The van der Waals surface area contributed by atoms with Crippen LogP contribution in [0.5, 0.6) is 5.88 Å². The van der Waals surface area contributed by atoms with E-state index >= 15 is 0 Å².